The lowest BCUT2D eigenvalue weighted by atomic mass is 9.62. The first-order valence-electron chi connectivity index (χ1n) is 5.00. The molecule has 0 saturated heterocycles. The van der Waals surface area contributed by atoms with E-state index >= 15 is 0 Å². The second kappa shape index (κ2) is 4.31. The van der Waals surface area contributed by atoms with Crippen LogP contribution in [0.3, 0.4) is 0 Å². The first kappa shape index (κ1) is 12.0. The van der Waals surface area contributed by atoms with Crippen LogP contribution in [-0.4, -0.2) is 24.3 Å². The Hall–Kier alpha value is 0.0249. The monoisotopic (exact) mass is 169 g/mol. The zero-order chi connectivity index (χ0) is 9.94. The van der Waals surface area contributed by atoms with Crippen molar-refractivity contribution in [2.24, 2.45) is 0 Å². The van der Waals surface area contributed by atoms with Crippen LogP contribution in [0.25, 0.3) is 0 Å². The molecule has 0 rings (SSSR count). The largest absolute Gasteiger partial charge is 0.340 e. The van der Waals surface area contributed by atoms with Crippen molar-refractivity contribution in [2.45, 2.75) is 65.9 Å². The highest BCUT2D eigenvalue weighted by atomic mass is 15.1. The van der Waals surface area contributed by atoms with Crippen LogP contribution in [-0.2, 0) is 0 Å². The smallest absolute Gasteiger partial charge is 0.210 e. The van der Waals surface area contributed by atoms with Gasteiger partial charge in [-0.25, -0.2) is 0 Å². The van der Waals surface area contributed by atoms with Gasteiger partial charge in [-0.15, -0.1) is 0 Å². The van der Waals surface area contributed by atoms with E-state index < -0.39 is 0 Å². The fourth-order valence-corrected chi connectivity index (χ4v) is 1.51. The lowest BCUT2D eigenvalue weighted by Crippen LogP contribution is -2.43. The second-order valence-corrected chi connectivity index (χ2v) is 5.42. The van der Waals surface area contributed by atoms with Gasteiger partial charge in [0.15, 0.2) is 0 Å². The lowest BCUT2D eigenvalue weighted by molar-refractivity contribution is 0.302. The predicted molar refractivity (Wildman–Crippen MR) is 59.0 cm³/mol. The zero-order valence-electron chi connectivity index (χ0n) is 9.81. The highest BCUT2D eigenvalue weighted by Crippen LogP contribution is 2.23. The van der Waals surface area contributed by atoms with E-state index in [9.17, 15) is 0 Å². The zero-order valence-corrected chi connectivity index (χ0v) is 9.81. The fraction of sp³-hybridized carbons (Fsp3) is 1.00. The van der Waals surface area contributed by atoms with Gasteiger partial charge in [-0.3, -0.25) is 0 Å². The maximum Gasteiger partial charge on any atom is 0.210 e. The molecule has 0 radical (unpaired) electrons. The Morgan fingerprint density at radius 1 is 0.917 bits per heavy atom. The highest BCUT2D eigenvalue weighted by Gasteiger charge is 2.22. The van der Waals surface area contributed by atoms with Crippen LogP contribution in [0.1, 0.15) is 48.5 Å². The molecular weight excluding hydrogens is 145 g/mol. The summed E-state index contributed by atoms with van der Waals surface area (Å²) in [6, 6.07) is 1.31. The molecule has 72 valence electrons. The Kier molecular flexibility index (Phi) is 4.32. The molecule has 0 amide bonds. The van der Waals surface area contributed by atoms with E-state index in [-0.39, 0.29) is 0 Å². The number of hydrogen-bond donors (Lipinski definition) is 0. The van der Waals surface area contributed by atoms with Crippen LogP contribution in [0.5, 0.6) is 0 Å². The quantitative estimate of drug-likeness (QED) is 0.587. The van der Waals surface area contributed by atoms with Gasteiger partial charge in [-0.05, 0) is 17.4 Å². The number of nitrogens with zero attached hydrogens (tertiary/aromatic N) is 1. The molecule has 0 saturated carbocycles. The molecule has 12 heavy (non-hydrogen) atoms. The third-order valence-electron chi connectivity index (χ3n) is 1.98. The van der Waals surface area contributed by atoms with Gasteiger partial charge in [-0.1, -0.05) is 48.5 Å². The Morgan fingerprint density at radius 3 is 1.33 bits per heavy atom. The van der Waals surface area contributed by atoms with Crippen LogP contribution >= 0.6 is 0 Å². The summed E-state index contributed by atoms with van der Waals surface area (Å²) in [6.07, 6.45) is 0. The van der Waals surface area contributed by atoms with Crippen molar-refractivity contribution in [2.75, 3.05) is 0 Å². The van der Waals surface area contributed by atoms with Crippen LogP contribution in [0.15, 0.2) is 0 Å². The van der Waals surface area contributed by atoms with E-state index in [0.29, 0.717) is 17.4 Å². The van der Waals surface area contributed by atoms with Crippen LogP contribution < -0.4 is 0 Å². The minimum atomic E-state index is 0.411. The summed E-state index contributed by atoms with van der Waals surface area (Å²) in [6.45, 7) is 16.0. The third kappa shape index (κ3) is 4.81. The van der Waals surface area contributed by atoms with E-state index in [0.717, 1.165) is 0 Å². The van der Waals surface area contributed by atoms with Crippen molar-refractivity contribution in [1.29, 1.82) is 0 Å². The predicted octanol–water partition coefficient (Wildman–Crippen LogP) is 2.68. The summed E-state index contributed by atoms with van der Waals surface area (Å²) in [5.74, 6) is 0. The molecule has 0 spiro atoms. The molecule has 0 N–H and O–H groups in total. The van der Waals surface area contributed by atoms with Crippen molar-refractivity contribution in [3.63, 3.8) is 0 Å². The molecule has 1 nitrogen and oxygen atoms in total. The van der Waals surface area contributed by atoms with Gasteiger partial charge in [0.1, 0.15) is 0 Å². The molecule has 0 heterocycles. The van der Waals surface area contributed by atoms with Crippen LogP contribution in [0.4, 0.5) is 0 Å². The highest BCUT2D eigenvalue weighted by molar-refractivity contribution is 6.36. The van der Waals surface area contributed by atoms with Crippen molar-refractivity contribution in [3.8, 4) is 0 Å². The van der Waals surface area contributed by atoms with Crippen LogP contribution in [0.2, 0.25) is 5.31 Å². The SMILES string of the molecule is CC(C)N(BC(C)(C)C)C(C)C. The summed E-state index contributed by atoms with van der Waals surface area (Å²) in [4.78, 5) is 2.54. The molecule has 0 aliphatic carbocycles. The molecule has 2 heteroatoms. The maximum atomic E-state index is 2.54. The Labute approximate surface area is 78.8 Å². The fourth-order valence-electron chi connectivity index (χ4n) is 1.51. The van der Waals surface area contributed by atoms with E-state index in [1.807, 2.05) is 0 Å². The van der Waals surface area contributed by atoms with Gasteiger partial charge in [0.05, 0.1) is 0 Å². The topological polar surface area (TPSA) is 3.24 Å². The number of rotatable bonds is 3. The summed E-state index contributed by atoms with van der Waals surface area (Å²) in [7, 11) is 1.18. The van der Waals surface area contributed by atoms with E-state index in [4.69, 9.17) is 0 Å². The first-order valence-corrected chi connectivity index (χ1v) is 5.00. The molecule has 0 aromatic heterocycles. The van der Waals surface area contributed by atoms with Gasteiger partial charge in [0.25, 0.3) is 0 Å². The average molecular weight is 169 g/mol. The summed E-state index contributed by atoms with van der Waals surface area (Å²) in [5, 5.41) is 0.411. The van der Waals surface area contributed by atoms with E-state index in [2.05, 4.69) is 53.3 Å². The molecule has 0 fully saturated rings. The summed E-state index contributed by atoms with van der Waals surface area (Å²) in [5.41, 5.74) is 0. The minimum Gasteiger partial charge on any atom is -0.340 e. The summed E-state index contributed by atoms with van der Waals surface area (Å²) >= 11 is 0. The van der Waals surface area contributed by atoms with Gasteiger partial charge in [0, 0.05) is 0 Å². The van der Waals surface area contributed by atoms with Crippen molar-refractivity contribution in [3.05, 3.63) is 0 Å². The normalized spacial score (nSPS) is 13.2. The molecule has 0 aliphatic rings. The molecular formula is C10H24BN. The Morgan fingerprint density at radius 2 is 1.25 bits per heavy atom. The number of hydrogen-bond acceptors (Lipinski definition) is 1. The van der Waals surface area contributed by atoms with Crippen LogP contribution in [0, 0.1) is 0 Å². The lowest BCUT2D eigenvalue weighted by Gasteiger charge is -2.35. The minimum absolute atomic E-state index is 0.411. The molecule has 0 atom stereocenters. The summed E-state index contributed by atoms with van der Waals surface area (Å²) < 4.78 is 0. The van der Waals surface area contributed by atoms with Gasteiger partial charge in [0.2, 0.25) is 7.41 Å². The standard InChI is InChI=1S/C10H24BN/c1-8(2)12(9(3)4)11-10(5,6)7/h8-9,11H,1-7H3. The molecule has 0 aromatic carbocycles. The first-order chi connectivity index (χ1) is 5.24. The van der Waals surface area contributed by atoms with Gasteiger partial charge >= 0.3 is 0 Å². The molecule has 0 bridgehead atoms. The Bertz CT molecular complexity index is 116. The van der Waals surface area contributed by atoms with Crippen molar-refractivity contribution >= 4 is 7.41 Å². The second-order valence-electron chi connectivity index (χ2n) is 5.42. The molecule has 0 unspecified atom stereocenters. The molecule has 0 aromatic rings. The third-order valence-corrected chi connectivity index (χ3v) is 1.98. The van der Waals surface area contributed by atoms with Gasteiger partial charge < -0.3 is 4.81 Å². The van der Waals surface area contributed by atoms with Gasteiger partial charge in [-0.2, -0.15) is 0 Å². The Balaban J connectivity index is 4.15. The maximum absolute atomic E-state index is 2.54. The van der Waals surface area contributed by atoms with E-state index in [1.165, 1.54) is 7.41 Å². The van der Waals surface area contributed by atoms with Crippen molar-refractivity contribution in [1.82, 2.24) is 4.81 Å². The average Bonchev–Trinajstić information content (AvgIpc) is 1.79. The van der Waals surface area contributed by atoms with Crippen molar-refractivity contribution < 1.29 is 0 Å². The molecule has 0 aliphatic heterocycles. The van der Waals surface area contributed by atoms with E-state index in [1.54, 1.807) is 0 Å².